The first-order chi connectivity index (χ1) is 18.5. The average Bonchev–Trinajstić information content (AvgIpc) is 3.42. The lowest BCUT2D eigenvalue weighted by Gasteiger charge is -2.19. The molecule has 0 saturated carbocycles. The van der Waals surface area contributed by atoms with Crippen LogP contribution in [0.1, 0.15) is 72.3 Å². The average molecular weight is 554 g/mol. The summed E-state index contributed by atoms with van der Waals surface area (Å²) >= 11 is 1.29. The van der Waals surface area contributed by atoms with Crippen LogP contribution in [0.4, 0.5) is 0 Å². The Balaban J connectivity index is 1.92. The van der Waals surface area contributed by atoms with Crippen LogP contribution in [0.2, 0.25) is 0 Å². The van der Waals surface area contributed by atoms with Crippen LogP contribution < -0.4 is 11.2 Å². The largest absolute Gasteiger partial charge is 0.332 e. The van der Waals surface area contributed by atoms with Gasteiger partial charge < -0.3 is 0 Å². The first-order valence-electron chi connectivity index (χ1n) is 13.0. The minimum atomic E-state index is -0.505. The van der Waals surface area contributed by atoms with E-state index in [4.69, 9.17) is 4.84 Å². The normalized spacial score (nSPS) is 12.4. The molecule has 0 aliphatic carbocycles. The third-order valence-corrected chi connectivity index (χ3v) is 8.17. The third-order valence-electron chi connectivity index (χ3n) is 6.98. The summed E-state index contributed by atoms with van der Waals surface area (Å²) in [6.07, 6.45) is 4.54. The van der Waals surface area contributed by atoms with Crippen molar-refractivity contribution in [1.82, 2.24) is 33.9 Å². The zero-order chi connectivity index (χ0) is 28.6. The summed E-state index contributed by atoms with van der Waals surface area (Å²) in [7, 11) is 3.00. The first kappa shape index (κ1) is 28.4. The van der Waals surface area contributed by atoms with Crippen molar-refractivity contribution in [3.8, 4) is 5.95 Å². The molecule has 0 spiro atoms. The van der Waals surface area contributed by atoms with Gasteiger partial charge in [0.1, 0.15) is 4.83 Å². The monoisotopic (exact) mass is 553 g/mol. The standard InChI is InChI=1S/C27H35N7O4S/c1-9-16(4)14-38-32(8)24(36)21-20(39-25-22(21)23(35)31(7)27(37)33(25)15(2)3)13-19-17(5)30-34(18(19)6)26-28-11-10-12-29-26/h10-12,15-16H,9,13-14H2,1-8H3. The van der Waals surface area contributed by atoms with Crippen molar-refractivity contribution in [3.05, 3.63) is 66.7 Å². The fourth-order valence-corrected chi connectivity index (χ4v) is 5.82. The highest BCUT2D eigenvalue weighted by Gasteiger charge is 2.30. The van der Waals surface area contributed by atoms with Crippen molar-refractivity contribution < 1.29 is 9.63 Å². The number of amides is 1. The van der Waals surface area contributed by atoms with Crippen molar-refractivity contribution >= 4 is 27.5 Å². The molecule has 1 amide bonds. The van der Waals surface area contributed by atoms with E-state index in [-0.39, 0.29) is 22.9 Å². The Labute approximate surface area is 230 Å². The topological polar surface area (TPSA) is 117 Å². The van der Waals surface area contributed by atoms with Crippen LogP contribution in [0.5, 0.6) is 0 Å². The fraction of sp³-hybridized carbons (Fsp3) is 0.481. The van der Waals surface area contributed by atoms with Crippen molar-refractivity contribution in [2.24, 2.45) is 13.0 Å². The van der Waals surface area contributed by atoms with E-state index < -0.39 is 17.2 Å². The molecule has 0 aromatic carbocycles. The number of aryl methyl sites for hydroxylation is 1. The molecule has 11 nitrogen and oxygen atoms in total. The second-order valence-electron chi connectivity index (χ2n) is 10.1. The van der Waals surface area contributed by atoms with Gasteiger partial charge in [-0.1, -0.05) is 20.3 Å². The van der Waals surface area contributed by atoms with Gasteiger partial charge in [0.15, 0.2) is 0 Å². The van der Waals surface area contributed by atoms with Crippen LogP contribution in [0.15, 0.2) is 28.0 Å². The number of fused-ring (bicyclic) bond motifs is 1. The number of rotatable bonds is 9. The molecule has 0 fully saturated rings. The predicted octanol–water partition coefficient (Wildman–Crippen LogP) is 3.58. The molecular weight excluding hydrogens is 518 g/mol. The van der Waals surface area contributed by atoms with Crippen molar-refractivity contribution in [3.63, 3.8) is 0 Å². The molecule has 4 aromatic heterocycles. The molecule has 208 valence electrons. The Morgan fingerprint density at radius 3 is 2.44 bits per heavy atom. The maximum absolute atomic E-state index is 13.9. The van der Waals surface area contributed by atoms with E-state index in [9.17, 15) is 14.4 Å². The molecule has 4 rings (SSSR count). The lowest BCUT2D eigenvalue weighted by Crippen LogP contribution is -2.39. The number of carbonyl (C=O) groups is 1. The van der Waals surface area contributed by atoms with Crippen LogP contribution in [0.25, 0.3) is 16.2 Å². The molecule has 4 heterocycles. The SMILES string of the molecule is CCC(C)CON(C)C(=O)c1c(Cc2c(C)nn(-c3ncccn3)c2C)sc2c1c(=O)n(C)c(=O)n2C(C)C. The Morgan fingerprint density at radius 1 is 1.15 bits per heavy atom. The zero-order valence-corrected chi connectivity index (χ0v) is 24.5. The Bertz CT molecular complexity index is 1630. The highest BCUT2D eigenvalue weighted by atomic mass is 32.1. The van der Waals surface area contributed by atoms with Gasteiger partial charge in [-0.2, -0.15) is 5.10 Å². The summed E-state index contributed by atoms with van der Waals surface area (Å²) in [5, 5.41) is 6.07. The molecule has 0 aliphatic rings. The first-order valence-corrected chi connectivity index (χ1v) is 13.8. The molecule has 0 aliphatic heterocycles. The number of hydrogen-bond acceptors (Lipinski definition) is 8. The molecule has 39 heavy (non-hydrogen) atoms. The van der Waals surface area contributed by atoms with Crippen LogP contribution in [-0.2, 0) is 18.3 Å². The summed E-state index contributed by atoms with van der Waals surface area (Å²) in [6, 6.07) is 1.52. The molecule has 0 bridgehead atoms. The van der Waals surface area contributed by atoms with Gasteiger partial charge in [0.05, 0.1) is 23.3 Å². The number of carbonyl (C=O) groups excluding carboxylic acids is 1. The maximum atomic E-state index is 13.9. The number of hydrogen-bond donors (Lipinski definition) is 0. The van der Waals surface area contributed by atoms with E-state index in [1.807, 2.05) is 34.6 Å². The highest BCUT2D eigenvalue weighted by molar-refractivity contribution is 7.19. The summed E-state index contributed by atoms with van der Waals surface area (Å²) in [6.45, 7) is 12.0. The quantitative estimate of drug-likeness (QED) is 0.291. The van der Waals surface area contributed by atoms with E-state index in [1.165, 1.54) is 23.4 Å². The summed E-state index contributed by atoms with van der Waals surface area (Å²) in [4.78, 5) is 56.0. The fourth-order valence-electron chi connectivity index (χ4n) is 4.40. The highest BCUT2D eigenvalue weighted by Crippen LogP contribution is 2.34. The van der Waals surface area contributed by atoms with Crippen molar-refractivity contribution in [1.29, 1.82) is 0 Å². The Hall–Kier alpha value is -3.64. The van der Waals surface area contributed by atoms with E-state index in [0.717, 1.165) is 27.9 Å². The number of nitrogens with zero attached hydrogens (tertiary/aromatic N) is 7. The van der Waals surface area contributed by atoms with Gasteiger partial charge in [-0.15, -0.1) is 11.3 Å². The summed E-state index contributed by atoms with van der Waals surface area (Å²) in [5.74, 6) is 0.270. The van der Waals surface area contributed by atoms with Gasteiger partial charge >= 0.3 is 5.69 Å². The molecule has 1 unspecified atom stereocenters. The minimum Gasteiger partial charge on any atom is -0.282 e. The summed E-state index contributed by atoms with van der Waals surface area (Å²) in [5.41, 5.74) is 1.80. The van der Waals surface area contributed by atoms with Crippen LogP contribution in [0, 0.1) is 19.8 Å². The summed E-state index contributed by atoms with van der Waals surface area (Å²) < 4.78 is 4.31. The van der Waals surface area contributed by atoms with Crippen LogP contribution in [-0.4, -0.2) is 53.5 Å². The second kappa shape index (κ2) is 11.2. The number of hydroxylamine groups is 2. The third kappa shape index (κ3) is 5.18. The van der Waals surface area contributed by atoms with Crippen molar-refractivity contribution in [2.75, 3.05) is 13.7 Å². The van der Waals surface area contributed by atoms with Gasteiger partial charge in [-0.3, -0.25) is 23.6 Å². The molecule has 12 heteroatoms. The van der Waals surface area contributed by atoms with E-state index in [0.29, 0.717) is 28.7 Å². The van der Waals surface area contributed by atoms with Crippen LogP contribution in [0.3, 0.4) is 0 Å². The van der Waals surface area contributed by atoms with Gasteiger partial charge in [-0.25, -0.2) is 24.5 Å². The Kier molecular flexibility index (Phi) is 8.17. The van der Waals surface area contributed by atoms with E-state index in [2.05, 4.69) is 22.0 Å². The second-order valence-corrected chi connectivity index (χ2v) is 11.2. The lowest BCUT2D eigenvalue weighted by atomic mass is 10.0. The van der Waals surface area contributed by atoms with E-state index >= 15 is 0 Å². The molecule has 0 radical (unpaired) electrons. The lowest BCUT2D eigenvalue weighted by molar-refractivity contribution is -0.116. The molecule has 0 N–H and O–H groups in total. The maximum Gasteiger partial charge on any atom is 0.332 e. The van der Waals surface area contributed by atoms with Crippen molar-refractivity contribution in [2.45, 2.75) is 60.4 Å². The van der Waals surface area contributed by atoms with Gasteiger partial charge in [0.2, 0.25) is 0 Å². The predicted molar refractivity (Wildman–Crippen MR) is 151 cm³/mol. The smallest absolute Gasteiger partial charge is 0.282 e. The van der Waals surface area contributed by atoms with E-state index in [1.54, 1.807) is 34.8 Å². The molecular formula is C27H35N7O4S. The molecule has 0 saturated heterocycles. The zero-order valence-electron chi connectivity index (χ0n) is 23.7. The minimum absolute atomic E-state index is 0.220. The Morgan fingerprint density at radius 2 is 1.82 bits per heavy atom. The molecule has 1 atom stereocenters. The van der Waals surface area contributed by atoms with Crippen LogP contribution >= 0.6 is 11.3 Å². The van der Waals surface area contributed by atoms with Gasteiger partial charge in [0, 0.05) is 55.1 Å². The molecule has 4 aromatic rings. The number of thiophene rings is 1. The van der Waals surface area contributed by atoms with Gasteiger partial charge in [-0.05, 0) is 39.7 Å². The van der Waals surface area contributed by atoms with Gasteiger partial charge in [0.25, 0.3) is 17.4 Å². The number of aromatic nitrogens is 6.